The highest BCUT2D eigenvalue weighted by molar-refractivity contribution is 5.80. The first-order valence-corrected chi connectivity index (χ1v) is 3.72. The number of hydrogen-bond donors (Lipinski definition) is 2. The summed E-state index contributed by atoms with van der Waals surface area (Å²) < 4.78 is 0. The zero-order valence-electron chi connectivity index (χ0n) is 7.28. The third-order valence-electron chi connectivity index (χ3n) is 0.996. The second kappa shape index (κ2) is 7.45. The summed E-state index contributed by atoms with van der Waals surface area (Å²) in [5.41, 5.74) is 0. The smallest absolute Gasteiger partial charge is 0.328 e. The van der Waals surface area contributed by atoms with Crippen molar-refractivity contribution in [3.8, 4) is 23.7 Å². The van der Waals surface area contributed by atoms with Crippen molar-refractivity contribution in [2.75, 3.05) is 0 Å². The van der Waals surface area contributed by atoms with Crippen molar-refractivity contribution in [2.24, 2.45) is 0 Å². The number of rotatable bonds is 3. The van der Waals surface area contributed by atoms with Gasteiger partial charge in [-0.2, -0.15) is 0 Å². The van der Waals surface area contributed by atoms with E-state index in [4.69, 9.17) is 10.2 Å². The average molecular weight is 192 g/mol. The summed E-state index contributed by atoms with van der Waals surface area (Å²) in [4.78, 5) is 20.0. The molecule has 0 saturated heterocycles. The van der Waals surface area contributed by atoms with E-state index in [9.17, 15) is 9.59 Å². The summed E-state index contributed by atoms with van der Waals surface area (Å²) in [5.74, 6) is 7.67. The third-order valence-corrected chi connectivity index (χ3v) is 0.996. The van der Waals surface area contributed by atoms with Crippen molar-refractivity contribution in [1.82, 2.24) is 0 Å². The number of hydrogen-bond acceptors (Lipinski definition) is 2. The predicted molar refractivity (Wildman–Crippen MR) is 49.2 cm³/mol. The molecule has 0 heterocycles. The summed E-state index contributed by atoms with van der Waals surface area (Å²) >= 11 is 0. The molecule has 0 amide bonds. The van der Waals surface area contributed by atoms with Crippen LogP contribution in [0.3, 0.4) is 0 Å². The zero-order chi connectivity index (χ0) is 10.8. The molecule has 0 atom stereocenters. The van der Waals surface area contributed by atoms with Crippen LogP contribution in [0.5, 0.6) is 0 Å². The molecule has 0 aliphatic rings. The van der Waals surface area contributed by atoms with E-state index in [0.717, 1.165) is 12.2 Å². The SMILES string of the molecule is O=C(O)C=CC#CC#CCCC(=O)O. The highest BCUT2D eigenvalue weighted by Gasteiger charge is 1.90. The van der Waals surface area contributed by atoms with Crippen LogP contribution in [0.15, 0.2) is 12.2 Å². The monoisotopic (exact) mass is 192 g/mol. The summed E-state index contributed by atoms with van der Waals surface area (Å²) in [6.45, 7) is 0. The van der Waals surface area contributed by atoms with Crippen LogP contribution in [-0.4, -0.2) is 22.2 Å². The Hall–Kier alpha value is -2.20. The lowest BCUT2D eigenvalue weighted by Gasteiger charge is -1.80. The minimum Gasteiger partial charge on any atom is -0.481 e. The second-order valence-corrected chi connectivity index (χ2v) is 2.14. The van der Waals surface area contributed by atoms with Gasteiger partial charge in [-0.1, -0.05) is 11.8 Å². The highest BCUT2D eigenvalue weighted by atomic mass is 16.4. The molecular formula is C10H8O4. The summed E-state index contributed by atoms with van der Waals surface area (Å²) in [7, 11) is 0. The van der Waals surface area contributed by atoms with E-state index in [1.165, 1.54) is 0 Å². The molecule has 0 fully saturated rings. The maximum atomic E-state index is 10.0. The van der Waals surface area contributed by atoms with E-state index >= 15 is 0 Å². The largest absolute Gasteiger partial charge is 0.481 e. The van der Waals surface area contributed by atoms with Crippen molar-refractivity contribution < 1.29 is 19.8 Å². The van der Waals surface area contributed by atoms with Gasteiger partial charge in [0.05, 0.1) is 6.42 Å². The molecule has 0 aliphatic carbocycles. The Morgan fingerprint density at radius 2 is 1.93 bits per heavy atom. The number of aliphatic carboxylic acids is 2. The molecular weight excluding hydrogens is 184 g/mol. The van der Waals surface area contributed by atoms with Gasteiger partial charge in [0.15, 0.2) is 0 Å². The molecule has 0 aromatic heterocycles. The Balaban J connectivity index is 3.79. The molecule has 0 aliphatic heterocycles. The van der Waals surface area contributed by atoms with Crippen LogP contribution in [0.4, 0.5) is 0 Å². The summed E-state index contributed by atoms with van der Waals surface area (Å²) in [6, 6.07) is 0. The Morgan fingerprint density at radius 3 is 2.50 bits per heavy atom. The molecule has 0 aromatic carbocycles. The van der Waals surface area contributed by atoms with Gasteiger partial charge in [0.1, 0.15) is 0 Å². The van der Waals surface area contributed by atoms with E-state index in [-0.39, 0.29) is 12.8 Å². The van der Waals surface area contributed by atoms with Crippen molar-refractivity contribution >= 4 is 11.9 Å². The molecule has 0 bridgehead atoms. The Morgan fingerprint density at radius 1 is 1.21 bits per heavy atom. The lowest BCUT2D eigenvalue weighted by Crippen LogP contribution is -1.91. The van der Waals surface area contributed by atoms with Gasteiger partial charge in [-0.3, -0.25) is 4.79 Å². The number of allylic oxidation sites excluding steroid dienone is 1. The zero-order valence-corrected chi connectivity index (χ0v) is 7.28. The van der Waals surface area contributed by atoms with Crippen LogP contribution < -0.4 is 0 Å². The molecule has 0 radical (unpaired) electrons. The quantitative estimate of drug-likeness (QED) is 0.504. The van der Waals surface area contributed by atoms with E-state index in [1.54, 1.807) is 0 Å². The Labute approximate surface area is 81.2 Å². The molecule has 4 heteroatoms. The van der Waals surface area contributed by atoms with Gasteiger partial charge in [0.25, 0.3) is 0 Å². The molecule has 0 saturated carbocycles. The lowest BCUT2D eigenvalue weighted by atomic mass is 10.3. The van der Waals surface area contributed by atoms with Crippen molar-refractivity contribution in [3.05, 3.63) is 12.2 Å². The van der Waals surface area contributed by atoms with Crippen LogP contribution in [0.2, 0.25) is 0 Å². The fourth-order valence-corrected chi connectivity index (χ4v) is 0.467. The standard InChI is InChI=1S/C10H8O4/c11-9(12)7-5-3-1-2-4-6-8-10(13)14/h5,7H,6,8H2,(H,11,12)(H,13,14). The summed E-state index contributed by atoms with van der Waals surface area (Å²) in [6.07, 6.45) is 2.28. The number of carboxylic acid groups (broad SMARTS) is 2. The predicted octanol–water partition coefficient (Wildman–Crippen LogP) is 0.499. The van der Waals surface area contributed by atoms with Crippen LogP contribution in [0.1, 0.15) is 12.8 Å². The van der Waals surface area contributed by atoms with Gasteiger partial charge in [0.2, 0.25) is 0 Å². The molecule has 0 spiro atoms. The first-order valence-electron chi connectivity index (χ1n) is 3.72. The van der Waals surface area contributed by atoms with Crippen molar-refractivity contribution in [2.45, 2.75) is 12.8 Å². The third kappa shape index (κ3) is 9.80. The fourth-order valence-electron chi connectivity index (χ4n) is 0.467. The summed E-state index contributed by atoms with van der Waals surface area (Å²) in [5, 5.41) is 16.4. The molecule has 14 heavy (non-hydrogen) atoms. The Kier molecular flexibility index (Phi) is 6.28. The first-order chi connectivity index (χ1) is 6.63. The normalized spacial score (nSPS) is 8.29. The van der Waals surface area contributed by atoms with Gasteiger partial charge in [-0.05, 0) is 17.9 Å². The minimum atomic E-state index is -1.07. The molecule has 4 nitrogen and oxygen atoms in total. The fraction of sp³-hybridized carbons (Fsp3) is 0.200. The maximum absolute atomic E-state index is 10.0. The maximum Gasteiger partial charge on any atom is 0.328 e. The molecule has 0 aromatic rings. The van der Waals surface area contributed by atoms with Gasteiger partial charge < -0.3 is 10.2 Å². The Bertz CT molecular complexity index is 357. The van der Waals surface area contributed by atoms with Crippen molar-refractivity contribution in [1.29, 1.82) is 0 Å². The van der Waals surface area contributed by atoms with Crippen LogP contribution >= 0.6 is 0 Å². The first kappa shape index (κ1) is 11.8. The number of carboxylic acids is 2. The minimum absolute atomic E-state index is 0.0142. The van der Waals surface area contributed by atoms with E-state index < -0.39 is 11.9 Å². The van der Waals surface area contributed by atoms with Gasteiger partial charge in [0, 0.05) is 12.5 Å². The average Bonchev–Trinajstić information content (AvgIpc) is 2.08. The van der Waals surface area contributed by atoms with Gasteiger partial charge in [-0.15, -0.1) is 0 Å². The molecule has 0 unspecified atom stereocenters. The van der Waals surface area contributed by atoms with E-state index in [2.05, 4.69) is 23.7 Å². The number of carbonyl (C=O) groups is 2. The lowest BCUT2D eigenvalue weighted by molar-refractivity contribution is -0.137. The van der Waals surface area contributed by atoms with Crippen LogP contribution in [0, 0.1) is 23.7 Å². The van der Waals surface area contributed by atoms with Crippen LogP contribution in [-0.2, 0) is 9.59 Å². The van der Waals surface area contributed by atoms with E-state index in [1.807, 2.05) is 0 Å². The van der Waals surface area contributed by atoms with Crippen LogP contribution in [0.25, 0.3) is 0 Å². The van der Waals surface area contributed by atoms with Crippen molar-refractivity contribution in [3.63, 3.8) is 0 Å². The second-order valence-electron chi connectivity index (χ2n) is 2.14. The highest BCUT2D eigenvalue weighted by Crippen LogP contribution is 1.84. The van der Waals surface area contributed by atoms with Gasteiger partial charge >= 0.3 is 11.9 Å². The molecule has 72 valence electrons. The molecule has 2 N–H and O–H groups in total. The van der Waals surface area contributed by atoms with E-state index in [0.29, 0.717) is 0 Å². The van der Waals surface area contributed by atoms with Gasteiger partial charge in [-0.25, -0.2) is 4.79 Å². The molecule has 0 rings (SSSR count). The topological polar surface area (TPSA) is 74.6 Å².